The number of hydrogen-bond donors (Lipinski definition) is 2. The Kier molecular flexibility index (Phi) is 3.66. The van der Waals surface area contributed by atoms with Crippen molar-refractivity contribution in [2.45, 2.75) is 0 Å². The van der Waals surface area contributed by atoms with Crippen molar-refractivity contribution in [3.63, 3.8) is 0 Å². The molecule has 7 heteroatoms. The summed E-state index contributed by atoms with van der Waals surface area (Å²) in [5.74, 6) is -2.21. The van der Waals surface area contributed by atoms with Gasteiger partial charge in [-0.15, -0.1) is 0 Å². The van der Waals surface area contributed by atoms with Crippen molar-refractivity contribution in [1.82, 2.24) is 0 Å². The fourth-order valence-electron chi connectivity index (χ4n) is 1.96. The number of nitro benzene ring substituents is 1. The summed E-state index contributed by atoms with van der Waals surface area (Å²) in [5.41, 5.74) is 4.40. The first-order chi connectivity index (χ1) is 9.93. The van der Waals surface area contributed by atoms with Gasteiger partial charge in [-0.2, -0.15) is 0 Å². The number of anilines is 1. The van der Waals surface area contributed by atoms with Crippen LogP contribution in [-0.2, 0) is 0 Å². The number of carbonyl (C=O) groups is 2. The van der Waals surface area contributed by atoms with Crippen LogP contribution in [-0.4, -0.2) is 21.8 Å². The van der Waals surface area contributed by atoms with Gasteiger partial charge in [0.15, 0.2) is 5.78 Å². The van der Waals surface area contributed by atoms with Crippen molar-refractivity contribution >= 4 is 23.1 Å². The van der Waals surface area contributed by atoms with Gasteiger partial charge in [-0.25, -0.2) is 4.79 Å². The first kappa shape index (κ1) is 14.2. The first-order valence-corrected chi connectivity index (χ1v) is 5.83. The number of carbonyl (C=O) groups excluding carboxylic acids is 1. The molecule has 0 saturated heterocycles. The zero-order chi connectivity index (χ0) is 15.6. The van der Waals surface area contributed by atoms with Crippen LogP contribution >= 0.6 is 0 Å². The van der Waals surface area contributed by atoms with E-state index in [-0.39, 0.29) is 16.8 Å². The predicted octanol–water partition coefficient (Wildman–Crippen LogP) is 2.11. The molecule has 0 spiro atoms. The molecule has 0 aromatic heterocycles. The Balaban J connectivity index is 2.67. The van der Waals surface area contributed by atoms with Crippen molar-refractivity contribution in [1.29, 1.82) is 0 Å². The second-order valence-electron chi connectivity index (χ2n) is 4.18. The molecule has 106 valence electrons. The Hall–Kier alpha value is -3.22. The van der Waals surface area contributed by atoms with Crippen LogP contribution in [0.1, 0.15) is 26.3 Å². The molecule has 0 unspecified atom stereocenters. The number of ketones is 1. The van der Waals surface area contributed by atoms with Crippen LogP contribution in [0, 0.1) is 10.1 Å². The molecule has 0 fully saturated rings. The van der Waals surface area contributed by atoms with E-state index in [4.69, 9.17) is 5.73 Å². The average molecular weight is 286 g/mol. The summed E-state index contributed by atoms with van der Waals surface area (Å²) < 4.78 is 0. The number of nitrogens with zero attached hydrogens (tertiary/aromatic N) is 1. The van der Waals surface area contributed by atoms with Gasteiger partial charge < -0.3 is 10.8 Å². The highest BCUT2D eigenvalue weighted by Crippen LogP contribution is 2.26. The van der Waals surface area contributed by atoms with Crippen molar-refractivity contribution < 1.29 is 19.6 Å². The molecule has 0 amide bonds. The van der Waals surface area contributed by atoms with Gasteiger partial charge in [0.25, 0.3) is 5.69 Å². The number of hydrogen-bond acceptors (Lipinski definition) is 5. The normalized spacial score (nSPS) is 10.1. The number of aromatic carboxylic acids is 1. The van der Waals surface area contributed by atoms with Gasteiger partial charge in [0.05, 0.1) is 4.92 Å². The number of para-hydroxylation sites is 1. The molecule has 0 bridgehead atoms. The summed E-state index contributed by atoms with van der Waals surface area (Å²) in [7, 11) is 0. The lowest BCUT2D eigenvalue weighted by Gasteiger charge is -2.07. The molecule has 2 rings (SSSR count). The second-order valence-corrected chi connectivity index (χ2v) is 4.18. The van der Waals surface area contributed by atoms with E-state index in [9.17, 15) is 24.8 Å². The van der Waals surface area contributed by atoms with Crippen LogP contribution in [0.3, 0.4) is 0 Å². The lowest BCUT2D eigenvalue weighted by molar-refractivity contribution is -0.385. The minimum Gasteiger partial charge on any atom is -0.477 e. The zero-order valence-corrected chi connectivity index (χ0v) is 10.6. The average Bonchev–Trinajstić information content (AvgIpc) is 2.46. The maximum Gasteiger partial charge on any atom is 0.343 e. The molecule has 0 aliphatic carbocycles. The van der Waals surface area contributed by atoms with E-state index in [0.29, 0.717) is 0 Å². The van der Waals surface area contributed by atoms with Crippen LogP contribution in [0.4, 0.5) is 11.4 Å². The number of benzene rings is 2. The van der Waals surface area contributed by atoms with E-state index in [1.54, 1.807) is 12.1 Å². The molecule has 0 saturated carbocycles. The minimum atomic E-state index is -1.54. The lowest BCUT2D eigenvalue weighted by atomic mass is 9.96. The van der Waals surface area contributed by atoms with E-state index < -0.39 is 27.9 Å². The molecule has 3 N–H and O–H groups in total. The molecule has 2 aromatic rings. The molecule has 0 aliphatic rings. The van der Waals surface area contributed by atoms with E-state index >= 15 is 0 Å². The Morgan fingerprint density at radius 1 is 1.05 bits per heavy atom. The van der Waals surface area contributed by atoms with Crippen molar-refractivity contribution in [2.24, 2.45) is 0 Å². The van der Waals surface area contributed by atoms with Crippen LogP contribution in [0.2, 0.25) is 0 Å². The Morgan fingerprint density at radius 2 is 1.67 bits per heavy atom. The fourth-order valence-corrected chi connectivity index (χ4v) is 1.96. The van der Waals surface area contributed by atoms with Crippen LogP contribution in [0.5, 0.6) is 0 Å². The minimum absolute atomic E-state index is 0.0977. The van der Waals surface area contributed by atoms with Gasteiger partial charge in [0.1, 0.15) is 5.56 Å². The standard InChI is InChI=1S/C14H10N2O5/c15-10-6-2-1-4-8(10)13(17)9-5-3-7-11(16(20)21)12(9)14(18)19/h1-7H,15H2,(H,18,19). The third kappa shape index (κ3) is 2.57. The monoisotopic (exact) mass is 286 g/mol. The summed E-state index contributed by atoms with van der Waals surface area (Å²) in [6.45, 7) is 0. The lowest BCUT2D eigenvalue weighted by Crippen LogP contribution is -2.13. The van der Waals surface area contributed by atoms with E-state index in [0.717, 1.165) is 6.07 Å². The van der Waals surface area contributed by atoms with Gasteiger partial charge in [-0.1, -0.05) is 18.2 Å². The molecular formula is C14H10N2O5. The van der Waals surface area contributed by atoms with Crippen LogP contribution in [0.15, 0.2) is 42.5 Å². The molecule has 0 atom stereocenters. The van der Waals surface area contributed by atoms with Crippen molar-refractivity contribution in [2.75, 3.05) is 5.73 Å². The maximum absolute atomic E-state index is 12.4. The first-order valence-electron chi connectivity index (χ1n) is 5.83. The van der Waals surface area contributed by atoms with Gasteiger partial charge >= 0.3 is 5.97 Å². The molecular weight excluding hydrogens is 276 g/mol. The molecule has 0 radical (unpaired) electrons. The molecule has 21 heavy (non-hydrogen) atoms. The van der Waals surface area contributed by atoms with Gasteiger partial charge in [-0.05, 0) is 18.2 Å². The van der Waals surface area contributed by atoms with Crippen LogP contribution in [0.25, 0.3) is 0 Å². The number of carboxylic acids is 1. The second kappa shape index (κ2) is 5.41. The van der Waals surface area contributed by atoms with Crippen LogP contribution < -0.4 is 5.73 Å². The number of nitrogen functional groups attached to an aromatic ring is 1. The topological polar surface area (TPSA) is 124 Å². The zero-order valence-electron chi connectivity index (χ0n) is 10.6. The highest BCUT2D eigenvalue weighted by molar-refractivity contribution is 6.17. The number of nitro groups is 1. The Bertz CT molecular complexity index is 755. The van der Waals surface area contributed by atoms with Gasteiger partial charge in [0, 0.05) is 22.9 Å². The summed E-state index contributed by atoms with van der Waals surface area (Å²) in [4.78, 5) is 33.8. The molecule has 2 aromatic carbocycles. The Labute approximate surface area is 118 Å². The quantitative estimate of drug-likeness (QED) is 0.384. The summed E-state index contributed by atoms with van der Waals surface area (Å²) in [5, 5.41) is 20.1. The van der Waals surface area contributed by atoms with Gasteiger partial charge in [0.2, 0.25) is 0 Å². The number of rotatable bonds is 4. The fraction of sp³-hybridized carbons (Fsp3) is 0. The highest BCUT2D eigenvalue weighted by Gasteiger charge is 2.27. The van der Waals surface area contributed by atoms with Gasteiger partial charge in [-0.3, -0.25) is 14.9 Å². The largest absolute Gasteiger partial charge is 0.477 e. The summed E-state index contributed by atoms with van der Waals surface area (Å²) >= 11 is 0. The predicted molar refractivity (Wildman–Crippen MR) is 74.3 cm³/mol. The van der Waals surface area contributed by atoms with E-state index in [2.05, 4.69) is 0 Å². The highest BCUT2D eigenvalue weighted by atomic mass is 16.6. The third-order valence-corrected chi connectivity index (χ3v) is 2.90. The third-order valence-electron chi connectivity index (χ3n) is 2.90. The SMILES string of the molecule is Nc1ccccc1C(=O)c1cccc([N+](=O)[O-])c1C(=O)O. The molecule has 0 aliphatic heterocycles. The molecule has 7 nitrogen and oxygen atoms in total. The summed E-state index contributed by atoms with van der Waals surface area (Å²) in [6.07, 6.45) is 0. The van der Waals surface area contributed by atoms with E-state index in [1.807, 2.05) is 0 Å². The van der Waals surface area contributed by atoms with Crippen molar-refractivity contribution in [3.05, 3.63) is 69.3 Å². The van der Waals surface area contributed by atoms with Crippen molar-refractivity contribution in [3.8, 4) is 0 Å². The Morgan fingerprint density at radius 3 is 2.24 bits per heavy atom. The number of nitrogens with two attached hydrogens (primary N) is 1. The smallest absolute Gasteiger partial charge is 0.343 e. The number of carboxylic acid groups (broad SMARTS) is 1. The summed E-state index contributed by atoms with van der Waals surface area (Å²) in [6, 6.07) is 9.64. The molecule has 0 heterocycles. The van der Waals surface area contributed by atoms with E-state index in [1.165, 1.54) is 24.3 Å². The maximum atomic E-state index is 12.4.